The van der Waals surface area contributed by atoms with Crippen LogP contribution in [-0.2, 0) is 4.57 Å². The number of unbranched alkanes of at least 4 members (excludes halogenated alkanes) is 1. The van der Waals surface area contributed by atoms with Crippen molar-refractivity contribution < 1.29 is 19.1 Å². The van der Waals surface area contributed by atoms with E-state index in [1.165, 1.54) is 0 Å². The van der Waals surface area contributed by atoms with Crippen molar-refractivity contribution in [2.24, 2.45) is 0 Å². The van der Waals surface area contributed by atoms with Crippen LogP contribution in [0.2, 0.25) is 0 Å². The second-order valence-corrected chi connectivity index (χ2v) is 6.61. The molecule has 0 radical (unpaired) electrons. The highest BCUT2D eigenvalue weighted by Crippen LogP contribution is 2.35. The Morgan fingerprint density at radius 2 is 1.48 bits per heavy atom. The molecule has 0 aliphatic rings. The topological polar surface area (TPSA) is 66.8 Å². The zero-order valence-corrected chi connectivity index (χ0v) is 12.6. The Hall–Kier alpha value is -1.61. The van der Waals surface area contributed by atoms with E-state index in [1.54, 1.807) is 0 Å². The second-order valence-electron chi connectivity index (χ2n) is 4.83. The lowest BCUT2D eigenvalue weighted by atomic mass is 10.1. The summed E-state index contributed by atoms with van der Waals surface area (Å²) < 4.78 is 16.2. The molecule has 0 saturated heterocycles. The van der Waals surface area contributed by atoms with Crippen LogP contribution >= 0.6 is 7.60 Å². The third kappa shape index (κ3) is 5.72. The van der Waals surface area contributed by atoms with Gasteiger partial charge in [-0.05, 0) is 36.1 Å². The van der Waals surface area contributed by atoms with Crippen LogP contribution in [0.4, 0.5) is 0 Å². The van der Waals surface area contributed by atoms with E-state index in [9.17, 15) is 4.57 Å². The van der Waals surface area contributed by atoms with Gasteiger partial charge >= 0.3 is 7.60 Å². The summed E-state index contributed by atoms with van der Waals surface area (Å²) in [6.45, 7) is 0.463. The summed E-state index contributed by atoms with van der Waals surface area (Å²) in [5, 5.41) is 0. The van der Waals surface area contributed by atoms with Gasteiger partial charge in [0.25, 0.3) is 0 Å². The normalized spacial score (nSPS) is 11.3. The molecule has 0 heterocycles. The molecule has 0 fully saturated rings. The Kier molecular flexibility index (Phi) is 5.57. The average molecular weight is 306 g/mol. The lowest BCUT2D eigenvalue weighted by Gasteiger charge is -2.08. The molecule has 0 spiro atoms. The number of hydrogen-bond donors (Lipinski definition) is 2. The summed E-state index contributed by atoms with van der Waals surface area (Å²) in [5.41, 5.74) is 2.29. The van der Waals surface area contributed by atoms with Crippen molar-refractivity contribution in [3.63, 3.8) is 0 Å². The fourth-order valence-corrected chi connectivity index (χ4v) is 2.62. The molecular weight excluding hydrogens is 287 g/mol. The minimum atomic E-state index is -3.87. The minimum absolute atomic E-state index is 0.0801. The molecule has 0 amide bonds. The van der Waals surface area contributed by atoms with Gasteiger partial charge in [0, 0.05) is 6.16 Å². The van der Waals surface area contributed by atoms with Crippen molar-refractivity contribution >= 4 is 7.60 Å². The summed E-state index contributed by atoms with van der Waals surface area (Å²) in [4.78, 5) is 17.5. The fraction of sp³-hybridized carbons (Fsp3) is 0.250. The van der Waals surface area contributed by atoms with Crippen molar-refractivity contribution in [2.75, 3.05) is 12.8 Å². The molecule has 0 bridgehead atoms. The Bertz CT molecular complexity index is 589. The second kappa shape index (κ2) is 7.41. The van der Waals surface area contributed by atoms with Gasteiger partial charge in [-0.2, -0.15) is 0 Å². The lowest BCUT2D eigenvalue weighted by Crippen LogP contribution is -1.99. The zero-order chi connectivity index (χ0) is 15.1. The van der Waals surface area contributed by atoms with Gasteiger partial charge in [0.05, 0.1) is 6.61 Å². The molecular formula is C16H19O4P. The first-order valence-corrected chi connectivity index (χ1v) is 8.67. The lowest BCUT2D eigenvalue weighted by molar-refractivity contribution is 0.307. The Balaban J connectivity index is 1.79. The van der Waals surface area contributed by atoms with Crippen LogP contribution in [0.15, 0.2) is 54.6 Å². The average Bonchev–Trinajstić information content (AvgIpc) is 2.47. The number of benzene rings is 2. The molecule has 4 nitrogen and oxygen atoms in total. The monoisotopic (exact) mass is 306 g/mol. The van der Waals surface area contributed by atoms with Crippen LogP contribution in [0.1, 0.15) is 12.8 Å². The fourth-order valence-electron chi connectivity index (χ4n) is 1.98. The molecule has 0 aromatic heterocycles. The van der Waals surface area contributed by atoms with Gasteiger partial charge in [0.15, 0.2) is 0 Å². The number of rotatable bonds is 7. The summed E-state index contributed by atoms with van der Waals surface area (Å²) in [7, 11) is -3.87. The van der Waals surface area contributed by atoms with Gasteiger partial charge in [0.1, 0.15) is 5.75 Å². The van der Waals surface area contributed by atoms with Gasteiger partial charge in [-0.25, -0.2) is 0 Å². The van der Waals surface area contributed by atoms with Crippen LogP contribution < -0.4 is 4.74 Å². The van der Waals surface area contributed by atoms with E-state index >= 15 is 0 Å². The first-order chi connectivity index (χ1) is 10.0. The van der Waals surface area contributed by atoms with Crippen LogP contribution in [0, 0.1) is 0 Å². The first-order valence-electron chi connectivity index (χ1n) is 6.87. The largest absolute Gasteiger partial charge is 0.494 e. The molecule has 0 aliphatic heterocycles. The van der Waals surface area contributed by atoms with E-state index in [2.05, 4.69) is 12.1 Å². The van der Waals surface area contributed by atoms with Gasteiger partial charge in [-0.15, -0.1) is 0 Å². The van der Waals surface area contributed by atoms with Crippen molar-refractivity contribution in [1.82, 2.24) is 0 Å². The maximum Gasteiger partial charge on any atom is 0.325 e. The third-order valence-corrected chi connectivity index (χ3v) is 3.97. The maximum absolute atomic E-state index is 10.7. The summed E-state index contributed by atoms with van der Waals surface area (Å²) >= 11 is 0. The molecule has 0 aliphatic carbocycles. The molecule has 2 N–H and O–H groups in total. The molecule has 5 heteroatoms. The molecule has 2 aromatic carbocycles. The zero-order valence-electron chi connectivity index (χ0n) is 11.7. The van der Waals surface area contributed by atoms with Crippen LogP contribution in [0.3, 0.4) is 0 Å². The SMILES string of the molecule is O=P(O)(O)CCCCOc1ccc(-c2ccccc2)cc1. The predicted molar refractivity (Wildman–Crippen MR) is 83.5 cm³/mol. The molecule has 0 atom stereocenters. The molecule has 2 rings (SSSR count). The van der Waals surface area contributed by atoms with E-state index in [4.69, 9.17) is 14.5 Å². The van der Waals surface area contributed by atoms with E-state index in [0.29, 0.717) is 19.4 Å². The quantitative estimate of drug-likeness (QED) is 0.605. The van der Waals surface area contributed by atoms with Crippen molar-refractivity contribution in [3.8, 4) is 16.9 Å². The Morgan fingerprint density at radius 3 is 2.10 bits per heavy atom. The first kappa shape index (κ1) is 15.8. The minimum Gasteiger partial charge on any atom is -0.494 e. The molecule has 2 aromatic rings. The maximum atomic E-state index is 10.7. The van der Waals surface area contributed by atoms with Crippen LogP contribution in [-0.4, -0.2) is 22.6 Å². The third-order valence-electron chi connectivity index (χ3n) is 3.07. The van der Waals surface area contributed by atoms with Crippen molar-refractivity contribution in [1.29, 1.82) is 0 Å². The summed E-state index contributed by atoms with van der Waals surface area (Å²) in [6, 6.07) is 17.9. The highest BCUT2D eigenvalue weighted by atomic mass is 31.2. The summed E-state index contributed by atoms with van der Waals surface area (Å²) in [5.74, 6) is 0.769. The highest BCUT2D eigenvalue weighted by Gasteiger charge is 2.11. The molecule has 0 unspecified atom stereocenters. The number of hydrogen-bond acceptors (Lipinski definition) is 2. The van der Waals surface area contributed by atoms with E-state index in [-0.39, 0.29) is 6.16 Å². The van der Waals surface area contributed by atoms with Gasteiger partial charge in [0.2, 0.25) is 0 Å². The van der Waals surface area contributed by atoms with Crippen molar-refractivity contribution in [3.05, 3.63) is 54.6 Å². The van der Waals surface area contributed by atoms with Gasteiger partial charge in [-0.3, -0.25) is 4.57 Å². The Morgan fingerprint density at radius 1 is 0.857 bits per heavy atom. The van der Waals surface area contributed by atoms with E-state index in [0.717, 1.165) is 16.9 Å². The van der Waals surface area contributed by atoms with E-state index in [1.807, 2.05) is 42.5 Å². The molecule has 21 heavy (non-hydrogen) atoms. The number of ether oxygens (including phenoxy) is 1. The molecule has 112 valence electrons. The van der Waals surface area contributed by atoms with Gasteiger partial charge in [-0.1, -0.05) is 42.5 Å². The highest BCUT2D eigenvalue weighted by molar-refractivity contribution is 7.51. The van der Waals surface area contributed by atoms with E-state index < -0.39 is 7.60 Å². The Labute approximate surface area is 124 Å². The van der Waals surface area contributed by atoms with Crippen molar-refractivity contribution in [2.45, 2.75) is 12.8 Å². The smallest absolute Gasteiger partial charge is 0.325 e. The molecule has 0 saturated carbocycles. The van der Waals surface area contributed by atoms with Crippen LogP contribution in [0.5, 0.6) is 5.75 Å². The predicted octanol–water partition coefficient (Wildman–Crippen LogP) is 3.69. The van der Waals surface area contributed by atoms with Gasteiger partial charge < -0.3 is 14.5 Å². The standard InChI is InChI=1S/C16H19O4P/c17-21(18,19)13-5-4-12-20-16-10-8-15(9-11-16)14-6-2-1-3-7-14/h1-3,6-11H,4-5,12-13H2,(H2,17,18,19). The summed E-state index contributed by atoms with van der Waals surface area (Å²) in [6.07, 6.45) is 1.02. The van der Waals surface area contributed by atoms with Crippen LogP contribution in [0.25, 0.3) is 11.1 Å².